The fourth-order valence-corrected chi connectivity index (χ4v) is 2.04. The van der Waals surface area contributed by atoms with Crippen molar-refractivity contribution in [3.63, 3.8) is 0 Å². The van der Waals surface area contributed by atoms with Crippen LogP contribution in [0.4, 0.5) is 0 Å². The summed E-state index contributed by atoms with van der Waals surface area (Å²) in [5.74, 6) is 0. The van der Waals surface area contributed by atoms with Crippen molar-refractivity contribution in [1.82, 2.24) is 0 Å². The third kappa shape index (κ3) is 7.26. The molecular weight excluding hydrogens is 218 g/mol. The van der Waals surface area contributed by atoms with Gasteiger partial charge in [0.1, 0.15) is 7.05 Å². The van der Waals surface area contributed by atoms with Gasteiger partial charge >= 0.3 is 0 Å². The van der Waals surface area contributed by atoms with Gasteiger partial charge in [0, 0.05) is 12.1 Å². The van der Waals surface area contributed by atoms with Crippen LogP contribution in [-0.2, 0) is 13.5 Å². The van der Waals surface area contributed by atoms with Crippen LogP contribution in [0, 0.1) is 0 Å². The molecule has 0 aliphatic rings. The number of rotatable bonds is 9. The van der Waals surface area contributed by atoms with Crippen molar-refractivity contribution < 1.29 is 4.57 Å². The third-order valence-corrected chi connectivity index (χ3v) is 3.27. The van der Waals surface area contributed by atoms with Crippen LogP contribution >= 0.6 is 0 Å². The van der Waals surface area contributed by atoms with Gasteiger partial charge in [0.05, 0.1) is 0 Å². The first kappa shape index (κ1) is 14.9. The minimum absolute atomic E-state index is 1.21. The van der Waals surface area contributed by atoms with Crippen molar-refractivity contribution >= 4 is 0 Å². The first-order valence-electron chi connectivity index (χ1n) is 7.42. The molecule has 0 fully saturated rings. The Balaban J connectivity index is 2.00. The SMILES string of the molecule is CCCCC/C=C/CCCCc1cc[n+](C)cc1. The average Bonchev–Trinajstić information content (AvgIpc) is 2.39. The molecule has 0 bridgehead atoms. The van der Waals surface area contributed by atoms with Crippen LogP contribution in [-0.4, -0.2) is 0 Å². The van der Waals surface area contributed by atoms with E-state index in [1.807, 2.05) is 0 Å². The lowest BCUT2D eigenvalue weighted by atomic mass is 10.1. The van der Waals surface area contributed by atoms with Crippen LogP contribution in [0.1, 0.15) is 57.4 Å². The first-order chi connectivity index (χ1) is 8.83. The van der Waals surface area contributed by atoms with Gasteiger partial charge < -0.3 is 0 Å². The summed E-state index contributed by atoms with van der Waals surface area (Å²) in [6.07, 6.45) is 19.4. The van der Waals surface area contributed by atoms with Crippen molar-refractivity contribution in [2.45, 2.75) is 58.3 Å². The fraction of sp³-hybridized carbons (Fsp3) is 0.588. The van der Waals surface area contributed by atoms with Gasteiger partial charge in [-0.05, 0) is 44.1 Å². The molecule has 0 aliphatic carbocycles. The smallest absolute Gasteiger partial charge is 0.168 e. The van der Waals surface area contributed by atoms with E-state index >= 15 is 0 Å². The normalized spacial score (nSPS) is 11.2. The number of unbranched alkanes of at least 4 members (excludes halogenated alkanes) is 5. The summed E-state index contributed by atoms with van der Waals surface area (Å²) in [5, 5.41) is 0. The monoisotopic (exact) mass is 246 g/mol. The predicted octanol–water partition coefficient (Wildman–Crippen LogP) is 4.36. The third-order valence-electron chi connectivity index (χ3n) is 3.27. The summed E-state index contributed by atoms with van der Waals surface area (Å²) in [5.41, 5.74) is 1.46. The van der Waals surface area contributed by atoms with Gasteiger partial charge in [-0.1, -0.05) is 31.9 Å². The Kier molecular flexibility index (Phi) is 8.20. The highest BCUT2D eigenvalue weighted by Gasteiger charge is 1.95. The van der Waals surface area contributed by atoms with Crippen LogP contribution in [0.5, 0.6) is 0 Å². The Hall–Kier alpha value is -1.11. The molecule has 0 atom stereocenters. The van der Waals surface area contributed by atoms with Crippen molar-refractivity contribution in [2.75, 3.05) is 0 Å². The lowest BCUT2D eigenvalue weighted by molar-refractivity contribution is -0.671. The van der Waals surface area contributed by atoms with Crippen LogP contribution in [0.2, 0.25) is 0 Å². The lowest BCUT2D eigenvalue weighted by Crippen LogP contribution is -2.25. The van der Waals surface area contributed by atoms with E-state index in [4.69, 9.17) is 0 Å². The molecule has 0 saturated heterocycles. The van der Waals surface area contributed by atoms with E-state index in [1.54, 1.807) is 0 Å². The van der Waals surface area contributed by atoms with Crippen LogP contribution in [0.3, 0.4) is 0 Å². The molecule has 1 heteroatoms. The van der Waals surface area contributed by atoms with Crippen LogP contribution in [0.15, 0.2) is 36.7 Å². The number of aromatic nitrogens is 1. The van der Waals surface area contributed by atoms with Crippen molar-refractivity contribution in [1.29, 1.82) is 0 Å². The molecule has 1 rings (SSSR count). The molecule has 0 unspecified atom stereocenters. The largest absolute Gasteiger partial charge is 0.208 e. The lowest BCUT2D eigenvalue weighted by Gasteiger charge is -1.98. The summed E-state index contributed by atoms with van der Waals surface area (Å²) in [6.45, 7) is 2.26. The second kappa shape index (κ2) is 9.87. The van der Waals surface area contributed by atoms with Crippen LogP contribution < -0.4 is 4.57 Å². The van der Waals surface area contributed by atoms with Crippen molar-refractivity contribution in [2.24, 2.45) is 7.05 Å². The number of hydrogen-bond acceptors (Lipinski definition) is 0. The van der Waals surface area contributed by atoms with E-state index in [9.17, 15) is 0 Å². The molecule has 0 aromatic carbocycles. The molecule has 0 saturated carbocycles. The molecule has 18 heavy (non-hydrogen) atoms. The minimum atomic E-state index is 1.21. The number of pyridine rings is 1. The maximum Gasteiger partial charge on any atom is 0.168 e. The number of nitrogens with zero attached hydrogens (tertiary/aromatic N) is 1. The molecule has 0 N–H and O–H groups in total. The Morgan fingerprint density at radius 2 is 1.56 bits per heavy atom. The molecule has 0 radical (unpaired) electrons. The fourth-order valence-electron chi connectivity index (χ4n) is 2.04. The summed E-state index contributed by atoms with van der Waals surface area (Å²) in [4.78, 5) is 0. The van der Waals surface area contributed by atoms with E-state index in [2.05, 4.69) is 55.2 Å². The average molecular weight is 246 g/mol. The van der Waals surface area contributed by atoms with E-state index in [0.717, 1.165) is 0 Å². The molecule has 0 amide bonds. The highest BCUT2D eigenvalue weighted by atomic mass is 14.9. The van der Waals surface area contributed by atoms with E-state index < -0.39 is 0 Å². The van der Waals surface area contributed by atoms with Gasteiger partial charge in [0.15, 0.2) is 12.4 Å². The molecule has 0 spiro atoms. The second-order valence-corrected chi connectivity index (χ2v) is 5.08. The van der Waals surface area contributed by atoms with Gasteiger partial charge in [0.2, 0.25) is 0 Å². The quantitative estimate of drug-likeness (QED) is 0.346. The Morgan fingerprint density at radius 3 is 2.17 bits per heavy atom. The molecule has 1 nitrogen and oxygen atoms in total. The van der Waals surface area contributed by atoms with Gasteiger partial charge in [-0.15, -0.1) is 0 Å². The molecule has 1 aromatic heterocycles. The zero-order valence-corrected chi connectivity index (χ0v) is 12.1. The molecule has 1 aromatic rings. The van der Waals surface area contributed by atoms with Gasteiger partial charge in [-0.25, -0.2) is 4.57 Å². The number of hydrogen-bond donors (Lipinski definition) is 0. The van der Waals surface area contributed by atoms with Crippen molar-refractivity contribution in [3.05, 3.63) is 42.2 Å². The summed E-state index contributed by atoms with van der Waals surface area (Å²) in [6, 6.07) is 4.45. The van der Waals surface area contributed by atoms with Gasteiger partial charge in [-0.3, -0.25) is 0 Å². The van der Waals surface area contributed by atoms with E-state index in [1.165, 1.54) is 56.9 Å². The summed E-state index contributed by atoms with van der Waals surface area (Å²) < 4.78 is 2.09. The highest BCUT2D eigenvalue weighted by Crippen LogP contribution is 2.06. The standard InChI is InChI=1S/C17H28N/c1-3-4-5-6-7-8-9-10-11-12-17-13-15-18(2)16-14-17/h7-8,13-16H,3-6,9-12H2,1-2H3/q+1/b8-7+. The van der Waals surface area contributed by atoms with Gasteiger partial charge in [-0.2, -0.15) is 0 Å². The summed E-state index contributed by atoms with van der Waals surface area (Å²) >= 11 is 0. The number of allylic oxidation sites excluding steroid dienone is 2. The van der Waals surface area contributed by atoms with Crippen molar-refractivity contribution in [3.8, 4) is 0 Å². The molecule has 100 valence electrons. The molecule has 1 heterocycles. The zero-order chi connectivity index (χ0) is 13.1. The maximum atomic E-state index is 2.36. The van der Waals surface area contributed by atoms with E-state index in [0.29, 0.717) is 0 Å². The van der Waals surface area contributed by atoms with Crippen LogP contribution in [0.25, 0.3) is 0 Å². The topological polar surface area (TPSA) is 3.88 Å². The molecular formula is C17H28N+. The highest BCUT2D eigenvalue weighted by molar-refractivity contribution is 5.07. The Bertz CT molecular complexity index is 324. The first-order valence-corrected chi connectivity index (χ1v) is 7.42. The second-order valence-electron chi connectivity index (χ2n) is 5.08. The minimum Gasteiger partial charge on any atom is -0.208 e. The number of aryl methyl sites for hydroxylation is 2. The van der Waals surface area contributed by atoms with E-state index in [-0.39, 0.29) is 0 Å². The van der Waals surface area contributed by atoms with Gasteiger partial charge in [0.25, 0.3) is 0 Å². The summed E-state index contributed by atoms with van der Waals surface area (Å²) in [7, 11) is 2.06. The Labute approximate surface area is 113 Å². The molecule has 0 aliphatic heterocycles. The Morgan fingerprint density at radius 1 is 0.944 bits per heavy atom. The zero-order valence-electron chi connectivity index (χ0n) is 12.1. The maximum absolute atomic E-state index is 2.36. The predicted molar refractivity (Wildman–Crippen MR) is 78.5 cm³/mol.